The summed E-state index contributed by atoms with van der Waals surface area (Å²) in [6.07, 6.45) is 1.54. The van der Waals surface area contributed by atoms with Crippen LogP contribution in [-0.2, 0) is 4.74 Å². The molecule has 0 aliphatic carbocycles. The summed E-state index contributed by atoms with van der Waals surface area (Å²) in [5, 5.41) is 3.46. The molecule has 3 atom stereocenters. The van der Waals surface area contributed by atoms with Crippen LogP contribution in [0.3, 0.4) is 0 Å². The lowest BCUT2D eigenvalue weighted by Crippen LogP contribution is -2.44. The topological polar surface area (TPSA) is 21.3 Å². The van der Waals surface area contributed by atoms with Crippen molar-refractivity contribution in [3.05, 3.63) is 71.3 Å². The molecule has 2 heteroatoms. The Labute approximate surface area is 119 Å². The van der Waals surface area contributed by atoms with Crippen LogP contribution in [0.5, 0.6) is 0 Å². The van der Waals surface area contributed by atoms with Crippen LogP contribution < -0.4 is 5.32 Å². The summed E-state index contributed by atoms with van der Waals surface area (Å²) in [7, 11) is 0. The van der Waals surface area contributed by atoms with Crippen molar-refractivity contribution in [2.75, 3.05) is 13.1 Å². The van der Waals surface area contributed by atoms with Gasteiger partial charge in [0.15, 0.2) is 0 Å². The van der Waals surface area contributed by atoms with E-state index in [1.54, 1.807) is 0 Å². The van der Waals surface area contributed by atoms with E-state index in [0.717, 1.165) is 13.1 Å². The first-order chi connectivity index (χ1) is 9.93. The molecule has 0 bridgehead atoms. The van der Waals surface area contributed by atoms with Gasteiger partial charge >= 0.3 is 0 Å². The third-order valence-electron chi connectivity index (χ3n) is 4.52. The minimum atomic E-state index is 0.0774. The fourth-order valence-electron chi connectivity index (χ4n) is 3.55. The summed E-state index contributed by atoms with van der Waals surface area (Å²) in [6, 6.07) is 19.4. The van der Waals surface area contributed by atoms with Crippen molar-refractivity contribution in [2.24, 2.45) is 0 Å². The van der Waals surface area contributed by atoms with Crippen LogP contribution >= 0.6 is 0 Å². The predicted molar refractivity (Wildman–Crippen MR) is 79.8 cm³/mol. The van der Waals surface area contributed by atoms with Gasteiger partial charge in [0.2, 0.25) is 0 Å². The molecule has 2 aromatic carbocycles. The van der Waals surface area contributed by atoms with Crippen LogP contribution in [0.1, 0.15) is 35.1 Å². The second kappa shape index (κ2) is 5.04. The van der Waals surface area contributed by atoms with E-state index in [0.29, 0.717) is 12.0 Å². The van der Waals surface area contributed by atoms with E-state index >= 15 is 0 Å². The van der Waals surface area contributed by atoms with Gasteiger partial charge < -0.3 is 10.1 Å². The zero-order valence-electron chi connectivity index (χ0n) is 11.5. The van der Waals surface area contributed by atoms with Crippen molar-refractivity contribution in [1.29, 1.82) is 0 Å². The Morgan fingerprint density at radius 1 is 0.900 bits per heavy atom. The van der Waals surface area contributed by atoms with Gasteiger partial charge in [0.25, 0.3) is 0 Å². The van der Waals surface area contributed by atoms with Crippen molar-refractivity contribution >= 4 is 0 Å². The summed E-state index contributed by atoms with van der Waals surface area (Å²) >= 11 is 0. The van der Waals surface area contributed by atoms with Crippen LogP contribution in [0.4, 0.5) is 0 Å². The smallest absolute Gasteiger partial charge is 0.108 e. The quantitative estimate of drug-likeness (QED) is 0.854. The largest absolute Gasteiger partial charge is 0.364 e. The van der Waals surface area contributed by atoms with Crippen molar-refractivity contribution in [3.63, 3.8) is 0 Å². The molecule has 1 unspecified atom stereocenters. The molecule has 2 heterocycles. The third kappa shape index (κ3) is 1.96. The standard InChI is InChI=1S/C18H19NO/c1-2-6-13(7-3-1)18-16-9-5-4-8-14(16)15-10-11-19-12-17(15)20-18/h1-9,15,17-19H,10-12H2/t15-,17+,18?/m1/s1. The molecule has 0 aromatic heterocycles. The van der Waals surface area contributed by atoms with Gasteiger partial charge in [-0.05, 0) is 29.7 Å². The Kier molecular flexibility index (Phi) is 3.06. The fraction of sp³-hybridized carbons (Fsp3) is 0.333. The zero-order valence-corrected chi connectivity index (χ0v) is 11.5. The lowest BCUT2D eigenvalue weighted by atomic mass is 9.80. The summed E-state index contributed by atoms with van der Waals surface area (Å²) in [4.78, 5) is 0. The molecule has 0 radical (unpaired) electrons. The summed E-state index contributed by atoms with van der Waals surface area (Å²) in [6.45, 7) is 2.05. The van der Waals surface area contributed by atoms with E-state index in [2.05, 4.69) is 59.9 Å². The highest BCUT2D eigenvalue weighted by atomic mass is 16.5. The predicted octanol–water partition coefficient (Wildman–Crippen LogP) is 3.25. The first-order valence-corrected chi connectivity index (χ1v) is 7.43. The van der Waals surface area contributed by atoms with E-state index in [-0.39, 0.29) is 6.10 Å². The van der Waals surface area contributed by atoms with Crippen LogP contribution in [0, 0.1) is 0 Å². The molecule has 2 aromatic rings. The maximum Gasteiger partial charge on any atom is 0.108 e. The molecule has 1 N–H and O–H groups in total. The Balaban J connectivity index is 1.81. The van der Waals surface area contributed by atoms with Gasteiger partial charge in [-0.2, -0.15) is 0 Å². The van der Waals surface area contributed by atoms with Crippen LogP contribution in [-0.4, -0.2) is 19.2 Å². The van der Waals surface area contributed by atoms with Gasteiger partial charge in [0.1, 0.15) is 6.10 Å². The highest BCUT2D eigenvalue weighted by molar-refractivity contribution is 5.41. The number of rotatable bonds is 1. The number of piperidine rings is 1. The van der Waals surface area contributed by atoms with Crippen molar-refractivity contribution in [2.45, 2.75) is 24.5 Å². The summed E-state index contributed by atoms with van der Waals surface area (Å²) in [5.41, 5.74) is 4.09. The average Bonchev–Trinajstić information content (AvgIpc) is 2.55. The van der Waals surface area contributed by atoms with Gasteiger partial charge in [-0.1, -0.05) is 54.6 Å². The van der Waals surface area contributed by atoms with Gasteiger partial charge in [-0.3, -0.25) is 0 Å². The molecule has 2 aliphatic heterocycles. The maximum absolute atomic E-state index is 6.44. The Morgan fingerprint density at radius 3 is 2.50 bits per heavy atom. The van der Waals surface area contributed by atoms with E-state index < -0.39 is 0 Å². The lowest BCUT2D eigenvalue weighted by molar-refractivity contribution is -0.0312. The molecule has 4 rings (SSSR count). The molecule has 2 aliphatic rings. The summed E-state index contributed by atoms with van der Waals surface area (Å²) < 4.78 is 6.44. The molecule has 1 saturated heterocycles. The number of nitrogens with one attached hydrogen (secondary N) is 1. The molecular formula is C18H19NO. The minimum absolute atomic E-state index is 0.0774. The average molecular weight is 265 g/mol. The lowest BCUT2D eigenvalue weighted by Gasteiger charge is -2.41. The van der Waals surface area contributed by atoms with E-state index in [4.69, 9.17) is 4.74 Å². The number of ether oxygens (including phenoxy) is 1. The van der Waals surface area contributed by atoms with Crippen LogP contribution in [0.2, 0.25) is 0 Å². The van der Waals surface area contributed by atoms with Crippen LogP contribution in [0.15, 0.2) is 54.6 Å². The van der Waals surface area contributed by atoms with Gasteiger partial charge in [0, 0.05) is 12.5 Å². The van der Waals surface area contributed by atoms with E-state index in [1.807, 2.05) is 0 Å². The normalized spacial score (nSPS) is 28.5. The molecular weight excluding hydrogens is 246 g/mol. The first-order valence-electron chi connectivity index (χ1n) is 7.43. The molecule has 20 heavy (non-hydrogen) atoms. The number of benzene rings is 2. The van der Waals surface area contributed by atoms with E-state index in [9.17, 15) is 0 Å². The Morgan fingerprint density at radius 2 is 1.65 bits per heavy atom. The van der Waals surface area contributed by atoms with Crippen molar-refractivity contribution in [3.8, 4) is 0 Å². The maximum atomic E-state index is 6.44. The highest BCUT2D eigenvalue weighted by Crippen LogP contribution is 2.43. The number of hydrogen-bond acceptors (Lipinski definition) is 2. The second-order valence-corrected chi connectivity index (χ2v) is 5.69. The van der Waals surface area contributed by atoms with Gasteiger partial charge in [-0.25, -0.2) is 0 Å². The third-order valence-corrected chi connectivity index (χ3v) is 4.52. The molecule has 2 nitrogen and oxygen atoms in total. The zero-order chi connectivity index (χ0) is 13.4. The van der Waals surface area contributed by atoms with E-state index in [1.165, 1.54) is 23.1 Å². The van der Waals surface area contributed by atoms with Crippen LogP contribution in [0.25, 0.3) is 0 Å². The molecule has 0 saturated carbocycles. The van der Waals surface area contributed by atoms with Crippen molar-refractivity contribution < 1.29 is 4.74 Å². The van der Waals surface area contributed by atoms with Crippen molar-refractivity contribution in [1.82, 2.24) is 5.32 Å². The molecule has 102 valence electrons. The number of fused-ring (bicyclic) bond motifs is 3. The summed E-state index contributed by atoms with van der Waals surface area (Å²) in [5.74, 6) is 0.549. The van der Waals surface area contributed by atoms with Gasteiger partial charge in [0.05, 0.1) is 6.10 Å². The Hall–Kier alpha value is -1.64. The SMILES string of the molecule is c1ccc(C2O[C@H]3CNCC[C@@H]3c3ccccc32)cc1. The molecule has 1 fully saturated rings. The molecule has 0 spiro atoms. The second-order valence-electron chi connectivity index (χ2n) is 5.69. The first kappa shape index (κ1) is 12.1. The van der Waals surface area contributed by atoms with Gasteiger partial charge in [-0.15, -0.1) is 0 Å². The highest BCUT2D eigenvalue weighted by Gasteiger charge is 2.37. The fourth-order valence-corrected chi connectivity index (χ4v) is 3.55. The molecule has 0 amide bonds. The number of hydrogen-bond donors (Lipinski definition) is 1. The minimum Gasteiger partial charge on any atom is -0.364 e. The monoisotopic (exact) mass is 265 g/mol. The Bertz CT molecular complexity index is 595.